The van der Waals surface area contributed by atoms with Crippen LogP contribution in [0.5, 0.6) is 0 Å². The van der Waals surface area contributed by atoms with E-state index in [0.717, 1.165) is 22.1 Å². The second kappa shape index (κ2) is 4.72. The zero-order valence-corrected chi connectivity index (χ0v) is 11.8. The van der Waals surface area contributed by atoms with Gasteiger partial charge in [0.1, 0.15) is 6.04 Å². The number of halogens is 1. The molecule has 0 radical (unpaired) electrons. The van der Waals surface area contributed by atoms with E-state index in [9.17, 15) is 4.79 Å². The molecule has 1 N–H and O–H groups in total. The molecule has 1 aromatic heterocycles. The molecule has 0 saturated heterocycles. The summed E-state index contributed by atoms with van der Waals surface area (Å²) in [6.07, 6.45) is 5.34. The smallest absolute Gasteiger partial charge is 0.249 e. The molecule has 2 aromatic rings. The molecular weight excluding hydrogens is 341 g/mol. The first-order valence-electron chi connectivity index (χ1n) is 5.82. The summed E-state index contributed by atoms with van der Waals surface area (Å²) in [4.78, 5) is 12.2. The van der Waals surface area contributed by atoms with Gasteiger partial charge < -0.3 is 5.32 Å². The largest absolute Gasteiger partial charge is 0.324 e. The van der Waals surface area contributed by atoms with E-state index in [0.29, 0.717) is 0 Å². The number of para-hydroxylation sites is 1. The molecule has 0 saturated carbocycles. The number of nitrogens with one attached hydrogen (secondary N) is 1. The fraction of sp³-hybridized carbons (Fsp3) is 0.231. The predicted molar refractivity (Wildman–Crippen MR) is 77.4 cm³/mol. The summed E-state index contributed by atoms with van der Waals surface area (Å²) in [6.45, 7) is 0. The maximum atomic E-state index is 12.2. The quantitative estimate of drug-likeness (QED) is 0.802. The molecule has 0 bridgehead atoms. The lowest BCUT2D eigenvalue weighted by Crippen LogP contribution is -2.25. The molecule has 0 spiro atoms. The number of carbonyl (C=O) groups excluding carboxylic acids is 1. The van der Waals surface area contributed by atoms with Crippen LogP contribution in [-0.4, -0.2) is 15.7 Å². The van der Waals surface area contributed by atoms with Gasteiger partial charge in [0.25, 0.3) is 0 Å². The number of aromatic nitrogens is 2. The lowest BCUT2D eigenvalue weighted by molar-refractivity contribution is -0.119. The Morgan fingerprint density at radius 1 is 1.39 bits per heavy atom. The highest BCUT2D eigenvalue weighted by molar-refractivity contribution is 14.1. The van der Waals surface area contributed by atoms with Crippen LogP contribution >= 0.6 is 22.6 Å². The lowest BCUT2D eigenvalue weighted by atomic mass is 10.1. The SMILES string of the molecule is O=C1Nc2ccccc2CCC1n1cc(I)cn1. The fourth-order valence-electron chi connectivity index (χ4n) is 2.24. The van der Waals surface area contributed by atoms with Gasteiger partial charge in [-0.1, -0.05) is 18.2 Å². The van der Waals surface area contributed by atoms with E-state index in [1.54, 1.807) is 10.9 Å². The molecule has 5 heteroatoms. The van der Waals surface area contributed by atoms with Crippen molar-refractivity contribution in [2.75, 3.05) is 5.32 Å². The van der Waals surface area contributed by atoms with Gasteiger partial charge in [-0.25, -0.2) is 0 Å². The van der Waals surface area contributed by atoms with Crippen LogP contribution in [0.2, 0.25) is 0 Å². The standard InChI is InChI=1S/C13H12IN3O/c14-10-7-15-17(8-10)12-6-5-9-3-1-2-4-11(9)16-13(12)18/h1-4,7-8,12H,5-6H2,(H,16,18). The topological polar surface area (TPSA) is 46.9 Å². The summed E-state index contributed by atoms with van der Waals surface area (Å²) in [5.74, 6) is 0.0134. The fourth-order valence-corrected chi connectivity index (χ4v) is 2.65. The third-order valence-electron chi connectivity index (χ3n) is 3.15. The third kappa shape index (κ3) is 2.14. The highest BCUT2D eigenvalue weighted by Gasteiger charge is 2.25. The van der Waals surface area contributed by atoms with Crippen molar-refractivity contribution in [3.63, 3.8) is 0 Å². The molecule has 18 heavy (non-hydrogen) atoms. The van der Waals surface area contributed by atoms with E-state index < -0.39 is 0 Å². The first-order valence-corrected chi connectivity index (χ1v) is 6.90. The van der Waals surface area contributed by atoms with Crippen LogP contribution in [0.3, 0.4) is 0 Å². The second-order valence-electron chi connectivity index (χ2n) is 4.34. The number of nitrogens with zero attached hydrogens (tertiary/aromatic N) is 2. The van der Waals surface area contributed by atoms with E-state index >= 15 is 0 Å². The molecular formula is C13H12IN3O. The normalized spacial score (nSPS) is 18.9. The minimum Gasteiger partial charge on any atom is -0.324 e. The van der Waals surface area contributed by atoms with Gasteiger partial charge in [-0.05, 0) is 47.1 Å². The summed E-state index contributed by atoms with van der Waals surface area (Å²) in [5.41, 5.74) is 2.11. The van der Waals surface area contributed by atoms with Crippen LogP contribution in [-0.2, 0) is 11.2 Å². The number of rotatable bonds is 1. The van der Waals surface area contributed by atoms with Gasteiger partial charge >= 0.3 is 0 Å². The molecule has 3 rings (SSSR count). The van der Waals surface area contributed by atoms with Crippen molar-refractivity contribution in [2.45, 2.75) is 18.9 Å². The van der Waals surface area contributed by atoms with Crippen molar-refractivity contribution < 1.29 is 4.79 Å². The average molecular weight is 353 g/mol. The number of amides is 1. The maximum absolute atomic E-state index is 12.2. The van der Waals surface area contributed by atoms with Crippen LogP contribution < -0.4 is 5.32 Å². The van der Waals surface area contributed by atoms with Gasteiger partial charge in [-0.3, -0.25) is 9.48 Å². The van der Waals surface area contributed by atoms with Gasteiger partial charge in [-0.15, -0.1) is 0 Å². The number of aryl methyl sites for hydroxylation is 1. The molecule has 1 unspecified atom stereocenters. The van der Waals surface area contributed by atoms with E-state index in [-0.39, 0.29) is 11.9 Å². The van der Waals surface area contributed by atoms with Crippen molar-refractivity contribution in [1.82, 2.24) is 9.78 Å². The minimum absolute atomic E-state index is 0.0134. The maximum Gasteiger partial charge on any atom is 0.249 e. The second-order valence-corrected chi connectivity index (χ2v) is 5.59. The summed E-state index contributed by atoms with van der Waals surface area (Å²) in [7, 11) is 0. The Kier molecular flexibility index (Phi) is 3.07. The molecule has 92 valence electrons. The van der Waals surface area contributed by atoms with E-state index in [1.165, 1.54) is 5.56 Å². The predicted octanol–water partition coefficient (Wildman–Crippen LogP) is 2.61. The molecule has 1 amide bonds. The molecule has 4 nitrogen and oxygen atoms in total. The van der Waals surface area contributed by atoms with Crippen LogP contribution in [0.25, 0.3) is 0 Å². The molecule has 2 heterocycles. The Hall–Kier alpha value is -1.37. The Morgan fingerprint density at radius 2 is 2.22 bits per heavy atom. The molecule has 0 aliphatic carbocycles. The van der Waals surface area contributed by atoms with Crippen LogP contribution in [0.4, 0.5) is 5.69 Å². The molecule has 1 aliphatic rings. The zero-order chi connectivity index (χ0) is 12.5. The number of fused-ring (bicyclic) bond motifs is 1. The first-order chi connectivity index (χ1) is 8.74. The van der Waals surface area contributed by atoms with Crippen molar-refractivity contribution in [2.24, 2.45) is 0 Å². The summed E-state index contributed by atoms with van der Waals surface area (Å²) >= 11 is 2.20. The Labute approximate surface area is 119 Å². The van der Waals surface area contributed by atoms with E-state index in [1.807, 2.05) is 24.4 Å². The van der Waals surface area contributed by atoms with E-state index in [4.69, 9.17) is 0 Å². The zero-order valence-electron chi connectivity index (χ0n) is 9.64. The Morgan fingerprint density at radius 3 is 3.00 bits per heavy atom. The number of benzene rings is 1. The van der Waals surface area contributed by atoms with Crippen molar-refractivity contribution in [1.29, 1.82) is 0 Å². The van der Waals surface area contributed by atoms with Gasteiger partial charge in [0.15, 0.2) is 0 Å². The van der Waals surface area contributed by atoms with Gasteiger partial charge in [0.05, 0.1) is 9.77 Å². The van der Waals surface area contributed by atoms with Crippen LogP contribution in [0, 0.1) is 3.57 Å². The average Bonchev–Trinajstić information content (AvgIpc) is 2.70. The highest BCUT2D eigenvalue weighted by atomic mass is 127. The minimum atomic E-state index is -0.221. The number of carbonyl (C=O) groups is 1. The summed E-state index contributed by atoms with van der Waals surface area (Å²) < 4.78 is 2.80. The Bertz CT molecular complexity index is 593. The van der Waals surface area contributed by atoms with Gasteiger partial charge in [0, 0.05) is 11.9 Å². The Balaban J connectivity index is 1.91. The lowest BCUT2D eigenvalue weighted by Gasteiger charge is -2.13. The van der Waals surface area contributed by atoms with Gasteiger partial charge in [-0.2, -0.15) is 5.10 Å². The first kappa shape index (κ1) is 11.7. The van der Waals surface area contributed by atoms with Crippen LogP contribution in [0.1, 0.15) is 18.0 Å². The highest BCUT2D eigenvalue weighted by Crippen LogP contribution is 2.26. The molecule has 1 aromatic carbocycles. The number of hydrogen-bond donors (Lipinski definition) is 1. The summed E-state index contributed by atoms with van der Waals surface area (Å²) in [5, 5.41) is 7.22. The van der Waals surface area contributed by atoms with Crippen LogP contribution in [0.15, 0.2) is 36.7 Å². The number of anilines is 1. The van der Waals surface area contributed by atoms with Crippen molar-refractivity contribution >= 4 is 34.2 Å². The van der Waals surface area contributed by atoms with E-state index in [2.05, 4.69) is 39.1 Å². The molecule has 1 aliphatic heterocycles. The summed E-state index contributed by atoms with van der Waals surface area (Å²) in [6, 6.07) is 7.73. The number of hydrogen-bond acceptors (Lipinski definition) is 2. The van der Waals surface area contributed by atoms with Gasteiger partial charge in [0.2, 0.25) is 5.91 Å². The van der Waals surface area contributed by atoms with Crippen molar-refractivity contribution in [3.8, 4) is 0 Å². The monoisotopic (exact) mass is 353 g/mol. The third-order valence-corrected chi connectivity index (χ3v) is 3.71. The van der Waals surface area contributed by atoms with Crippen molar-refractivity contribution in [3.05, 3.63) is 45.8 Å². The molecule has 1 atom stereocenters. The molecule has 0 fully saturated rings.